The Morgan fingerprint density at radius 2 is 2.05 bits per heavy atom. The Labute approximate surface area is 112 Å². The van der Waals surface area contributed by atoms with Crippen LogP contribution in [0.15, 0.2) is 23.4 Å². The lowest BCUT2D eigenvalue weighted by atomic mass is 10.1. The van der Waals surface area contributed by atoms with Crippen LogP contribution in [0.25, 0.3) is 0 Å². The van der Waals surface area contributed by atoms with E-state index >= 15 is 0 Å². The molecule has 0 radical (unpaired) electrons. The fraction of sp³-hybridized carbons (Fsp3) is 0.500. The Balaban J connectivity index is 2.87. The third-order valence-corrected chi connectivity index (χ3v) is 2.62. The van der Waals surface area contributed by atoms with Crippen LogP contribution in [0.5, 0.6) is 5.75 Å². The van der Waals surface area contributed by atoms with Gasteiger partial charge < -0.3 is 9.47 Å². The van der Waals surface area contributed by atoms with Gasteiger partial charge in [0.15, 0.2) is 5.60 Å². The number of benzene rings is 1. The van der Waals surface area contributed by atoms with E-state index in [1.165, 1.54) is 0 Å². The second-order valence-electron chi connectivity index (χ2n) is 4.72. The molecule has 0 aromatic heterocycles. The Morgan fingerprint density at radius 1 is 1.37 bits per heavy atom. The van der Waals surface area contributed by atoms with Gasteiger partial charge in [-0.3, -0.25) is 0 Å². The molecule has 1 rings (SSSR count). The summed E-state index contributed by atoms with van der Waals surface area (Å²) in [7, 11) is 0. The van der Waals surface area contributed by atoms with E-state index < -0.39 is 11.6 Å². The zero-order chi connectivity index (χ0) is 14.5. The number of carbonyl (C=O) groups excluding carboxylic acids is 1. The van der Waals surface area contributed by atoms with Crippen molar-refractivity contribution in [2.45, 2.75) is 39.8 Å². The van der Waals surface area contributed by atoms with Crippen molar-refractivity contribution in [2.24, 2.45) is 5.18 Å². The normalized spacial score (nSPS) is 10.9. The lowest BCUT2D eigenvalue weighted by Gasteiger charge is -2.25. The van der Waals surface area contributed by atoms with E-state index in [9.17, 15) is 9.70 Å². The number of nitrogens with zero attached hydrogens (tertiary/aromatic N) is 1. The molecular weight excluding hydrogens is 246 g/mol. The van der Waals surface area contributed by atoms with Gasteiger partial charge in [-0.05, 0) is 44.9 Å². The van der Waals surface area contributed by atoms with Crippen LogP contribution in [-0.4, -0.2) is 18.2 Å². The van der Waals surface area contributed by atoms with Crippen molar-refractivity contribution in [1.82, 2.24) is 0 Å². The summed E-state index contributed by atoms with van der Waals surface area (Å²) in [5, 5.41) is 2.84. The maximum Gasteiger partial charge on any atom is 0.349 e. The molecule has 19 heavy (non-hydrogen) atoms. The van der Waals surface area contributed by atoms with Gasteiger partial charge in [-0.15, -0.1) is 0 Å². The van der Waals surface area contributed by atoms with Gasteiger partial charge in [0.2, 0.25) is 0 Å². The van der Waals surface area contributed by atoms with Gasteiger partial charge in [0.05, 0.1) is 6.61 Å². The second-order valence-corrected chi connectivity index (χ2v) is 4.72. The van der Waals surface area contributed by atoms with E-state index in [1.807, 2.05) is 13.0 Å². The number of aryl methyl sites for hydroxylation is 1. The van der Waals surface area contributed by atoms with E-state index in [4.69, 9.17) is 9.47 Å². The molecule has 0 spiro atoms. The molecule has 5 nitrogen and oxygen atoms in total. The van der Waals surface area contributed by atoms with Crippen LogP contribution in [0.1, 0.15) is 31.9 Å². The topological polar surface area (TPSA) is 65.0 Å². The Bertz CT molecular complexity index is 469. The lowest BCUT2D eigenvalue weighted by Crippen LogP contribution is -2.39. The van der Waals surface area contributed by atoms with Crippen LogP contribution >= 0.6 is 0 Å². The molecule has 5 heteroatoms. The van der Waals surface area contributed by atoms with Crippen LogP contribution in [0, 0.1) is 11.8 Å². The highest BCUT2D eigenvalue weighted by molar-refractivity contribution is 5.79. The quantitative estimate of drug-likeness (QED) is 0.586. The van der Waals surface area contributed by atoms with Gasteiger partial charge in [-0.1, -0.05) is 17.3 Å². The van der Waals surface area contributed by atoms with Crippen molar-refractivity contribution >= 4 is 5.97 Å². The minimum Gasteiger partial charge on any atom is -0.476 e. The average Bonchev–Trinajstić information content (AvgIpc) is 2.33. The smallest absolute Gasteiger partial charge is 0.349 e. The monoisotopic (exact) mass is 265 g/mol. The highest BCUT2D eigenvalue weighted by Gasteiger charge is 2.31. The molecule has 0 saturated heterocycles. The standard InChI is InChI=1S/C14H19NO4/c1-5-18-13(16)14(3,4)19-12-7-6-11(9-15-17)8-10(12)2/h6-8H,5,9H2,1-4H3. The molecule has 0 atom stereocenters. The molecule has 0 fully saturated rings. The number of hydrogen-bond donors (Lipinski definition) is 0. The molecule has 0 aliphatic rings. The van der Waals surface area contributed by atoms with Crippen LogP contribution in [0.3, 0.4) is 0 Å². The number of ether oxygens (including phenoxy) is 2. The SMILES string of the molecule is CCOC(=O)C(C)(C)Oc1ccc(CN=O)cc1C. The summed E-state index contributed by atoms with van der Waals surface area (Å²) in [4.78, 5) is 22.0. The summed E-state index contributed by atoms with van der Waals surface area (Å²) < 4.78 is 10.7. The molecule has 0 unspecified atom stereocenters. The molecular formula is C14H19NO4. The molecule has 0 bridgehead atoms. The zero-order valence-corrected chi connectivity index (χ0v) is 11.7. The summed E-state index contributed by atoms with van der Waals surface area (Å²) in [5.74, 6) is 0.181. The number of nitroso groups, excluding NO2 is 1. The first-order chi connectivity index (χ1) is 8.90. The highest BCUT2D eigenvalue weighted by atomic mass is 16.6. The predicted molar refractivity (Wildman–Crippen MR) is 72.0 cm³/mol. The fourth-order valence-electron chi connectivity index (χ4n) is 1.62. The molecule has 1 aromatic carbocycles. The van der Waals surface area contributed by atoms with Crippen LogP contribution < -0.4 is 4.74 Å². The Morgan fingerprint density at radius 3 is 2.58 bits per heavy atom. The van der Waals surface area contributed by atoms with Crippen molar-refractivity contribution in [3.63, 3.8) is 0 Å². The first-order valence-corrected chi connectivity index (χ1v) is 6.15. The van der Waals surface area contributed by atoms with Crippen molar-refractivity contribution in [3.8, 4) is 5.75 Å². The second kappa shape index (κ2) is 6.31. The van der Waals surface area contributed by atoms with E-state index in [-0.39, 0.29) is 6.54 Å². The fourth-order valence-corrected chi connectivity index (χ4v) is 1.62. The minimum absolute atomic E-state index is 0.127. The van der Waals surface area contributed by atoms with Crippen molar-refractivity contribution in [3.05, 3.63) is 34.2 Å². The molecule has 0 aliphatic heterocycles. The molecule has 0 heterocycles. The van der Waals surface area contributed by atoms with Gasteiger partial charge in [-0.25, -0.2) is 4.79 Å². The first-order valence-electron chi connectivity index (χ1n) is 6.15. The van der Waals surface area contributed by atoms with Crippen LogP contribution in [0.4, 0.5) is 0 Å². The van der Waals surface area contributed by atoms with E-state index in [0.29, 0.717) is 12.4 Å². The maximum atomic E-state index is 11.7. The molecule has 0 saturated carbocycles. The predicted octanol–water partition coefficient (Wildman–Crippen LogP) is 2.98. The number of rotatable bonds is 6. The zero-order valence-electron chi connectivity index (χ0n) is 11.7. The Hall–Kier alpha value is -1.91. The van der Waals surface area contributed by atoms with Crippen LogP contribution in [0.2, 0.25) is 0 Å². The number of carbonyl (C=O) groups is 1. The lowest BCUT2D eigenvalue weighted by molar-refractivity contribution is -0.158. The highest BCUT2D eigenvalue weighted by Crippen LogP contribution is 2.25. The van der Waals surface area contributed by atoms with Gasteiger partial charge in [0.25, 0.3) is 0 Å². The summed E-state index contributed by atoms with van der Waals surface area (Å²) >= 11 is 0. The summed E-state index contributed by atoms with van der Waals surface area (Å²) in [5.41, 5.74) is 0.609. The molecule has 0 N–H and O–H groups in total. The van der Waals surface area contributed by atoms with Gasteiger partial charge in [-0.2, -0.15) is 4.91 Å². The van der Waals surface area contributed by atoms with Crippen molar-refractivity contribution in [2.75, 3.05) is 6.61 Å². The minimum atomic E-state index is -1.05. The molecule has 104 valence electrons. The molecule has 0 amide bonds. The largest absolute Gasteiger partial charge is 0.476 e. The summed E-state index contributed by atoms with van der Waals surface area (Å²) in [6.45, 7) is 7.36. The summed E-state index contributed by atoms with van der Waals surface area (Å²) in [6, 6.07) is 5.31. The van der Waals surface area contributed by atoms with Crippen LogP contribution in [-0.2, 0) is 16.1 Å². The van der Waals surface area contributed by atoms with E-state index in [2.05, 4.69) is 5.18 Å². The number of esters is 1. The molecule has 1 aromatic rings. The molecule has 0 aliphatic carbocycles. The third-order valence-electron chi connectivity index (χ3n) is 2.62. The van der Waals surface area contributed by atoms with Crippen molar-refractivity contribution in [1.29, 1.82) is 0 Å². The van der Waals surface area contributed by atoms with Gasteiger partial charge in [0, 0.05) is 0 Å². The van der Waals surface area contributed by atoms with Gasteiger partial charge in [0.1, 0.15) is 12.3 Å². The van der Waals surface area contributed by atoms with Gasteiger partial charge >= 0.3 is 5.97 Å². The summed E-state index contributed by atoms with van der Waals surface area (Å²) in [6.07, 6.45) is 0. The van der Waals surface area contributed by atoms with E-state index in [0.717, 1.165) is 11.1 Å². The Kier molecular flexibility index (Phi) is 5.03. The maximum absolute atomic E-state index is 11.7. The van der Waals surface area contributed by atoms with E-state index in [1.54, 1.807) is 32.9 Å². The third kappa shape index (κ3) is 4.05. The first kappa shape index (κ1) is 15.1. The average molecular weight is 265 g/mol. The van der Waals surface area contributed by atoms with Crippen molar-refractivity contribution < 1.29 is 14.3 Å². The number of hydrogen-bond acceptors (Lipinski definition) is 5.